The highest BCUT2D eigenvalue weighted by molar-refractivity contribution is 7.85. The molecule has 0 saturated carbocycles. The van der Waals surface area contributed by atoms with Crippen LogP contribution in [-0.2, 0) is 16.5 Å². The standard InChI is InChI=1S/C14H20N4O4S/c1-8-11(13(19)18-14(15)16)6-9-4-2-3-5-10(12(9)17-8)7-23(20,21)22/h6,10H,2-5,7H2,1H3,(H,20,21,22)(H4,15,16,18,19). The molecule has 2 rings (SSSR count). The number of pyridine rings is 1. The summed E-state index contributed by atoms with van der Waals surface area (Å²) >= 11 is 0. The third-order valence-electron chi connectivity index (χ3n) is 3.83. The van der Waals surface area contributed by atoms with E-state index >= 15 is 0 Å². The first kappa shape index (κ1) is 17.4. The Hall–Kier alpha value is -2.00. The number of rotatable bonds is 3. The van der Waals surface area contributed by atoms with Gasteiger partial charge in [0.2, 0.25) is 0 Å². The summed E-state index contributed by atoms with van der Waals surface area (Å²) in [5, 5.41) is 0. The number of aryl methyl sites for hydroxylation is 2. The Kier molecular flexibility index (Phi) is 5.00. The van der Waals surface area contributed by atoms with Crippen LogP contribution in [0.5, 0.6) is 0 Å². The van der Waals surface area contributed by atoms with Crippen molar-refractivity contribution in [1.82, 2.24) is 4.98 Å². The van der Waals surface area contributed by atoms with E-state index in [1.807, 2.05) is 0 Å². The maximum atomic E-state index is 12.0. The van der Waals surface area contributed by atoms with Crippen molar-refractivity contribution in [2.24, 2.45) is 16.5 Å². The molecule has 23 heavy (non-hydrogen) atoms. The normalized spacial score (nSPS) is 17.9. The summed E-state index contributed by atoms with van der Waals surface area (Å²) in [4.78, 5) is 20.0. The zero-order valence-electron chi connectivity index (χ0n) is 12.8. The molecule has 0 spiro atoms. The Bertz CT molecular complexity index is 754. The van der Waals surface area contributed by atoms with Crippen molar-refractivity contribution >= 4 is 22.0 Å². The minimum absolute atomic E-state index is 0.296. The predicted molar refractivity (Wildman–Crippen MR) is 85.8 cm³/mol. The Morgan fingerprint density at radius 1 is 1.43 bits per heavy atom. The molecule has 0 radical (unpaired) electrons. The van der Waals surface area contributed by atoms with Crippen molar-refractivity contribution in [2.45, 2.75) is 38.5 Å². The maximum absolute atomic E-state index is 12.0. The third kappa shape index (κ3) is 4.49. The second kappa shape index (κ2) is 6.63. The van der Waals surface area contributed by atoms with Crippen LogP contribution < -0.4 is 11.5 Å². The summed E-state index contributed by atoms with van der Waals surface area (Å²) in [5.74, 6) is -1.65. The molecule has 9 heteroatoms. The number of hydrogen-bond acceptors (Lipinski definition) is 4. The Balaban J connectivity index is 2.47. The fraction of sp³-hybridized carbons (Fsp3) is 0.500. The van der Waals surface area contributed by atoms with Crippen LogP contribution in [0.2, 0.25) is 0 Å². The predicted octanol–water partition coefficient (Wildman–Crippen LogP) is 0.501. The molecule has 0 saturated heterocycles. The highest BCUT2D eigenvalue weighted by Gasteiger charge is 2.26. The van der Waals surface area contributed by atoms with E-state index in [0.717, 1.165) is 18.4 Å². The number of aliphatic imine (C=N–C) groups is 1. The first-order valence-electron chi connectivity index (χ1n) is 7.27. The SMILES string of the molecule is Cc1nc2c(cc1C(=O)N=C(N)N)CCCCC2CS(=O)(=O)O. The van der Waals surface area contributed by atoms with Crippen LogP contribution in [0.25, 0.3) is 0 Å². The van der Waals surface area contributed by atoms with Gasteiger partial charge in [-0.1, -0.05) is 6.42 Å². The molecule has 1 atom stereocenters. The molecule has 1 heterocycles. The summed E-state index contributed by atoms with van der Waals surface area (Å²) in [6, 6.07) is 1.68. The summed E-state index contributed by atoms with van der Waals surface area (Å²) in [7, 11) is -4.10. The van der Waals surface area contributed by atoms with E-state index in [9.17, 15) is 13.2 Å². The summed E-state index contributed by atoms with van der Waals surface area (Å²) in [6.07, 6.45) is 3.00. The highest BCUT2D eigenvalue weighted by Crippen LogP contribution is 2.31. The van der Waals surface area contributed by atoms with Crippen molar-refractivity contribution in [3.8, 4) is 0 Å². The number of nitrogens with two attached hydrogens (primary N) is 2. The van der Waals surface area contributed by atoms with E-state index in [0.29, 0.717) is 29.8 Å². The van der Waals surface area contributed by atoms with Crippen LogP contribution in [0, 0.1) is 6.92 Å². The molecular weight excluding hydrogens is 320 g/mol. The second-order valence-electron chi connectivity index (χ2n) is 5.70. The van der Waals surface area contributed by atoms with Crippen molar-refractivity contribution in [2.75, 3.05) is 5.75 Å². The minimum atomic E-state index is -4.10. The molecule has 0 fully saturated rings. The van der Waals surface area contributed by atoms with Crippen LogP contribution in [0.15, 0.2) is 11.1 Å². The molecule has 8 nitrogen and oxygen atoms in total. The Morgan fingerprint density at radius 2 is 2.13 bits per heavy atom. The number of hydrogen-bond donors (Lipinski definition) is 3. The maximum Gasteiger partial charge on any atom is 0.282 e. The van der Waals surface area contributed by atoms with Gasteiger partial charge in [0.05, 0.1) is 17.0 Å². The van der Waals surface area contributed by atoms with Gasteiger partial charge in [0, 0.05) is 11.6 Å². The number of nitrogens with zero attached hydrogens (tertiary/aromatic N) is 2. The quantitative estimate of drug-likeness (QED) is 0.314. The number of fused-ring (bicyclic) bond motifs is 1. The minimum Gasteiger partial charge on any atom is -0.370 e. The number of carbonyl (C=O) groups is 1. The molecule has 1 aromatic rings. The van der Waals surface area contributed by atoms with Gasteiger partial charge in [0.1, 0.15) is 0 Å². The van der Waals surface area contributed by atoms with Crippen LogP contribution in [0.4, 0.5) is 0 Å². The number of carbonyl (C=O) groups excluding carboxylic acids is 1. The molecule has 1 aliphatic carbocycles. The largest absolute Gasteiger partial charge is 0.370 e. The first-order valence-corrected chi connectivity index (χ1v) is 8.88. The van der Waals surface area contributed by atoms with E-state index in [2.05, 4.69) is 9.98 Å². The number of aromatic nitrogens is 1. The lowest BCUT2D eigenvalue weighted by Gasteiger charge is -2.17. The molecule has 0 aromatic carbocycles. The van der Waals surface area contributed by atoms with E-state index in [4.69, 9.17) is 16.0 Å². The molecule has 0 bridgehead atoms. The van der Waals surface area contributed by atoms with Crippen LogP contribution >= 0.6 is 0 Å². The van der Waals surface area contributed by atoms with Crippen LogP contribution in [0.1, 0.15) is 52.5 Å². The van der Waals surface area contributed by atoms with Crippen LogP contribution in [0.3, 0.4) is 0 Å². The zero-order chi connectivity index (χ0) is 17.2. The third-order valence-corrected chi connectivity index (χ3v) is 4.66. The summed E-state index contributed by atoms with van der Waals surface area (Å²) in [5.41, 5.74) is 12.6. The van der Waals surface area contributed by atoms with Gasteiger partial charge in [-0.25, -0.2) is 0 Å². The Morgan fingerprint density at radius 3 is 2.74 bits per heavy atom. The fourth-order valence-corrected chi connectivity index (χ4v) is 3.71. The lowest BCUT2D eigenvalue weighted by Crippen LogP contribution is -2.24. The lowest BCUT2D eigenvalue weighted by atomic mass is 9.97. The smallest absolute Gasteiger partial charge is 0.282 e. The first-order chi connectivity index (χ1) is 10.7. The van der Waals surface area contributed by atoms with Gasteiger partial charge in [0.25, 0.3) is 16.0 Å². The van der Waals surface area contributed by atoms with E-state index in [1.54, 1.807) is 13.0 Å². The van der Waals surface area contributed by atoms with E-state index < -0.39 is 16.0 Å². The second-order valence-corrected chi connectivity index (χ2v) is 7.20. The van der Waals surface area contributed by atoms with Gasteiger partial charge in [0.15, 0.2) is 5.96 Å². The molecule has 5 N–H and O–H groups in total. The molecule has 1 amide bonds. The highest BCUT2D eigenvalue weighted by atomic mass is 32.2. The van der Waals surface area contributed by atoms with Gasteiger partial charge in [-0.05, 0) is 37.8 Å². The molecule has 1 unspecified atom stereocenters. The van der Waals surface area contributed by atoms with Crippen molar-refractivity contribution in [1.29, 1.82) is 0 Å². The molecule has 1 aliphatic rings. The molecule has 126 valence electrons. The molecule has 0 aliphatic heterocycles. The molecular formula is C14H20N4O4S. The van der Waals surface area contributed by atoms with Gasteiger partial charge >= 0.3 is 0 Å². The van der Waals surface area contributed by atoms with Crippen molar-refractivity contribution in [3.63, 3.8) is 0 Å². The van der Waals surface area contributed by atoms with Crippen LogP contribution in [-0.4, -0.2) is 35.6 Å². The summed E-state index contributed by atoms with van der Waals surface area (Å²) in [6.45, 7) is 1.64. The average molecular weight is 340 g/mol. The van der Waals surface area contributed by atoms with Gasteiger partial charge < -0.3 is 11.5 Å². The topological polar surface area (TPSA) is 149 Å². The lowest BCUT2D eigenvalue weighted by molar-refractivity contribution is 0.100. The monoisotopic (exact) mass is 340 g/mol. The van der Waals surface area contributed by atoms with Gasteiger partial charge in [-0.2, -0.15) is 13.4 Å². The molecule has 1 aromatic heterocycles. The van der Waals surface area contributed by atoms with Crippen molar-refractivity contribution in [3.05, 3.63) is 28.6 Å². The average Bonchev–Trinajstić information content (AvgIpc) is 2.58. The van der Waals surface area contributed by atoms with Crippen molar-refractivity contribution < 1.29 is 17.8 Å². The number of amides is 1. The zero-order valence-corrected chi connectivity index (χ0v) is 13.6. The van der Waals surface area contributed by atoms with Gasteiger partial charge in [-0.3, -0.25) is 14.3 Å². The fourth-order valence-electron chi connectivity index (χ4n) is 2.87. The van der Waals surface area contributed by atoms with E-state index in [-0.39, 0.29) is 17.6 Å². The van der Waals surface area contributed by atoms with E-state index in [1.165, 1.54) is 0 Å². The Labute approximate surface area is 134 Å². The number of guanidine groups is 1. The van der Waals surface area contributed by atoms with Gasteiger partial charge in [-0.15, -0.1) is 0 Å². The summed E-state index contributed by atoms with van der Waals surface area (Å²) < 4.78 is 31.6.